The highest BCUT2D eigenvalue weighted by Crippen LogP contribution is 2.43. The number of unbranched alkanes of at least 4 members (excludes halogenated alkanes) is 23. The van der Waals surface area contributed by atoms with Crippen molar-refractivity contribution >= 4 is 25.7 Å². The highest BCUT2D eigenvalue weighted by molar-refractivity contribution is 7.47. The molecule has 0 aromatic heterocycles. The van der Waals surface area contributed by atoms with Crippen molar-refractivity contribution in [2.45, 2.75) is 264 Å². The smallest absolute Gasteiger partial charge is 0.461 e. The Labute approximate surface area is 463 Å². The van der Waals surface area contributed by atoms with Gasteiger partial charge in [-0.3, -0.25) is 23.4 Å². The van der Waals surface area contributed by atoms with Crippen LogP contribution in [0.4, 0.5) is 0 Å². The van der Waals surface area contributed by atoms with Crippen LogP contribution in [-0.2, 0) is 42.2 Å². The van der Waals surface area contributed by atoms with Gasteiger partial charge < -0.3 is 24.2 Å². The van der Waals surface area contributed by atoms with Crippen molar-refractivity contribution in [1.29, 1.82) is 0 Å². The van der Waals surface area contributed by atoms with E-state index in [0.717, 1.165) is 96.3 Å². The number of hydrogen-bond donors (Lipinski definition) is 2. The molecule has 76 heavy (non-hydrogen) atoms. The highest BCUT2D eigenvalue weighted by atomic mass is 31.2. The van der Waals surface area contributed by atoms with E-state index in [4.69, 9.17) is 23.3 Å². The molecule has 0 saturated carbocycles. The summed E-state index contributed by atoms with van der Waals surface area (Å²) in [5.74, 6) is -1.63. The number of carbonyl (C=O) groups is 3. The monoisotopic (exact) mass is 1080 g/mol. The molecule has 436 valence electrons. The number of aliphatic hydroxyl groups is 1. The van der Waals surface area contributed by atoms with Crippen LogP contribution in [0, 0.1) is 0 Å². The number of allylic oxidation sites excluding steroid dienone is 15. The van der Waals surface area contributed by atoms with E-state index in [1.165, 1.54) is 96.3 Å². The molecule has 0 saturated heterocycles. The molecule has 0 aliphatic rings. The summed E-state index contributed by atoms with van der Waals surface area (Å²) in [6.07, 6.45) is 68.2. The van der Waals surface area contributed by atoms with Crippen LogP contribution in [-0.4, -0.2) is 66.5 Å². The third kappa shape index (κ3) is 55.2. The van der Waals surface area contributed by atoms with Gasteiger partial charge in [-0.1, -0.05) is 246 Å². The summed E-state index contributed by atoms with van der Waals surface area (Å²) in [6, 6.07) is 0. The fourth-order valence-corrected chi connectivity index (χ4v) is 8.75. The first-order valence-electron chi connectivity index (χ1n) is 30.1. The molecule has 0 fully saturated rings. The molecule has 0 aliphatic carbocycles. The van der Waals surface area contributed by atoms with Crippen molar-refractivity contribution < 1.29 is 52.2 Å². The molecule has 3 atom stereocenters. The molecule has 3 unspecified atom stereocenters. The maximum Gasteiger partial charge on any atom is 0.472 e. The SMILES string of the molecule is CC/C=C\C/C=C\C/C=C\C/C=C\C/C=C\CC(=O)OCC(COP(=O)(O)OCC(CO)OC(=O)CCCCCCCCCCCCCCCCC)OC(=O)CCCCCCCC/C=C\C/C=C\C/C=C\CCCCC. The third-order valence-corrected chi connectivity index (χ3v) is 13.5. The van der Waals surface area contributed by atoms with Crippen molar-refractivity contribution in [1.82, 2.24) is 0 Å². The van der Waals surface area contributed by atoms with E-state index in [1.807, 2.05) is 12.2 Å². The van der Waals surface area contributed by atoms with Crippen molar-refractivity contribution in [3.63, 3.8) is 0 Å². The van der Waals surface area contributed by atoms with Gasteiger partial charge in [-0.2, -0.15) is 0 Å². The predicted molar refractivity (Wildman–Crippen MR) is 316 cm³/mol. The third-order valence-electron chi connectivity index (χ3n) is 12.5. The van der Waals surface area contributed by atoms with Crippen LogP contribution < -0.4 is 0 Å². The number of hydrogen-bond acceptors (Lipinski definition) is 10. The molecule has 11 nitrogen and oxygen atoms in total. The first-order valence-corrected chi connectivity index (χ1v) is 31.6. The van der Waals surface area contributed by atoms with Gasteiger partial charge in [0.25, 0.3) is 0 Å². The Balaban J connectivity index is 4.82. The van der Waals surface area contributed by atoms with Gasteiger partial charge in [0.15, 0.2) is 6.10 Å². The normalized spacial score (nSPS) is 14.0. The lowest BCUT2D eigenvalue weighted by Crippen LogP contribution is -2.30. The van der Waals surface area contributed by atoms with Crippen LogP contribution in [0.15, 0.2) is 97.2 Å². The Kier molecular flexibility index (Phi) is 54.8. The maximum absolute atomic E-state index is 12.9. The number of esters is 3. The summed E-state index contributed by atoms with van der Waals surface area (Å²) in [4.78, 5) is 48.5. The fraction of sp³-hybridized carbons (Fsp3) is 0.703. The standard InChI is InChI=1S/C64H109O11P/c1-4-7-10-13-16-19-22-25-28-29-30-31-34-37-40-43-46-49-52-55-64(68)75-61(57-71-62(66)53-50-47-44-41-38-35-32-26-23-20-17-14-11-8-5-2)59-73-76(69,70)72-58-60(56-65)74-63(67)54-51-48-45-42-39-36-33-27-24-21-18-15-12-9-6-3/h8,11,16-17,19-20,25-26,28,30-32,38,41,47,50,60-61,65H,4-7,9-10,12-15,18,21-24,27,29,33-37,39-40,42-46,48-49,51-59H2,1-3H3,(H,69,70)/b11-8-,19-16-,20-17-,28-25-,31-30-,32-26-,41-38-,50-47-. The molecule has 0 heterocycles. The summed E-state index contributed by atoms with van der Waals surface area (Å²) in [7, 11) is -4.78. The van der Waals surface area contributed by atoms with E-state index in [2.05, 4.69) is 99.8 Å². The largest absolute Gasteiger partial charge is 0.472 e. The second-order valence-electron chi connectivity index (χ2n) is 19.8. The Morgan fingerprint density at radius 2 is 0.724 bits per heavy atom. The van der Waals surface area contributed by atoms with Gasteiger partial charge in [0, 0.05) is 12.8 Å². The van der Waals surface area contributed by atoms with Crippen molar-refractivity contribution in [3.8, 4) is 0 Å². The van der Waals surface area contributed by atoms with Crippen molar-refractivity contribution in [2.24, 2.45) is 0 Å². The van der Waals surface area contributed by atoms with E-state index in [1.54, 1.807) is 6.08 Å². The first-order chi connectivity index (χ1) is 37.2. The summed E-state index contributed by atoms with van der Waals surface area (Å²) < 4.78 is 39.4. The van der Waals surface area contributed by atoms with Gasteiger partial charge >= 0.3 is 25.7 Å². The van der Waals surface area contributed by atoms with Crippen LogP contribution in [0.5, 0.6) is 0 Å². The molecule has 0 rings (SSSR count). The van der Waals surface area contributed by atoms with E-state index in [-0.39, 0.29) is 19.3 Å². The number of phosphoric ester groups is 1. The van der Waals surface area contributed by atoms with E-state index in [9.17, 15) is 28.9 Å². The van der Waals surface area contributed by atoms with Gasteiger partial charge in [0.1, 0.15) is 12.7 Å². The Hall–Kier alpha value is -3.60. The second kappa shape index (κ2) is 57.6. The van der Waals surface area contributed by atoms with Crippen LogP contribution in [0.25, 0.3) is 0 Å². The molecular formula is C64H109O11P. The summed E-state index contributed by atoms with van der Waals surface area (Å²) in [5.41, 5.74) is 0. The van der Waals surface area contributed by atoms with E-state index < -0.39 is 64.4 Å². The van der Waals surface area contributed by atoms with Crippen LogP contribution in [0.3, 0.4) is 0 Å². The summed E-state index contributed by atoms with van der Waals surface area (Å²) in [5, 5.41) is 9.83. The highest BCUT2D eigenvalue weighted by Gasteiger charge is 2.28. The molecule has 0 spiro atoms. The minimum absolute atomic E-state index is 0.0116. The maximum atomic E-state index is 12.9. The number of rotatable bonds is 55. The number of carbonyl (C=O) groups excluding carboxylic acids is 3. The zero-order valence-electron chi connectivity index (χ0n) is 48.2. The number of ether oxygens (including phenoxy) is 3. The van der Waals surface area contributed by atoms with Gasteiger partial charge in [0.05, 0.1) is 26.2 Å². The van der Waals surface area contributed by atoms with Crippen LogP contribution in [0.2, 0.25) is 0 Å². The van der Waals surface area contributed by atoms with Gasteiger partial charge in [-0.15, -0.1) is 0 Å². The lowest BCUT2D eigenvalue weighted by atomic mass is 10.0. The second-order valence-corrected chi connectivity index (χ2v) is 21.3. The molecule has 0 radical (unpaired) electrons. The van der Waals surface area contributed by atoms with E-state index in [0.29, 0.717) is 19.3 Å². The zero-order valence-corrected chi connectivity index (χ0v) is 49.1. The Morgan fingerprint density at radius 1 is 0.395 bits per heavy atom. The molecule has 2 N–H and O–H groups in total. The average molecular weight is 1090 g/mol. The molecular weight excluding hydrogens is 976 g/mol. The number of aliphatic hydroxyl groups excluding tert-OH is 1. The molecule has 0 aromatic rings. The molecule has 0 amide bonds. The average Bonchev–Trinajstić information content (AvgIpc) is 3.41. The molecule has 0 aliphatic heterocycles. The topological polar surface area (TPSA) is 155 Å². The lowest BCUT2D eigenvalue weighted by molar-refractivity contribution is -0.161. The van der Waals surface area contributed by atoms with Gasteiger partial charge in [0.2, 0.25) is 0 Å². The molecule has 0 aromatic carbocycles. The van der Waals surface area contributed by atoms with Crippen LogP contribution >= 0.6 is 7.82 Å². The molecule has 12 heteroatoms. The summed E-state index contributed by atoms with van der Waals surface area (Å²) in [6.45, 7) is 4.39. The fourth-order valence-electron chi connectivity index (χ4n) is 7.97. The quantitative estimate of drug-likeness (QED) is 0.0197. The minimum atomic E-state index is -4.78. The molecule has 0 bridgehead atoms. The van der Waals surface area contributed by atoms with Crippen LogP contribution in [0.1, 0.15) is 252 Å². The van der Waals surface area contributed by atoms with Gasteiger partial charge in [-0.05, 0) is 83.5 Å². The van der Waals surface area contributed by atoms with Crippen molar-refractivity contribution in [2.75, 3.05) is 26.4 Å². The lowest BCUT2D eigenvalue weighted by Gasteiger charge is -2.21. The van der Waals surface area contributed by atoms with E-state index >= 15 is 0 Å². The predicted octanol–water partition coefficient (Wildman–Crippen LogP) is 18.0. The number of phosphoric acid groups is 1. The first kappa shape index (κ1) is 72.4. The minimum Gasteiger partial charge on any atom is -0.461 e. The Morgan fingerprint density at radius 3 is 1.14 bits per heavy atom. The van der Waals surface area contributed by atoms with Gasteiger partial charge in [-0.25, -0.2) is 4.57 Å². The Bertz CT molecular complexity index is 1640. The van der Waals surface area contributed by atoms with Crippen molar-refractivity contribution in [3.05, 3.63) is 97.2 Å². The summed E-state index contributed by atoms with van der Waals surface area (Å²) >= 11 is 0. The zero-order chi connectivity index (χ0) is 55.5.